The summed E-state index contributed by atoms with van der Waals surface area (Å²) in [5, 5.41) is 21.3. The largest absolute Gasteiger partial charge is 0.480 e. The number of alkyl halides is 3. The number of halogens is 3. The minimum atomic E-state index is -4.34. The summed E-state index contributed by atoms with van der Waals surface area (Å²) in [6.07, 6.45) is -0.192. The number of hydrogen-bond acceptors (Lipinski definition) is 4. The van der Waals surface area contributed by atoms with Crippen LogP contribution in [-0.4, -0.2) is 54.2 Å². The van der Waals surface area contributed by atoms with Crippen LogP contribution in [0, 0.1) is 5.92 Å². The summed E-state index contributed by atoms with van der Waals surface area (Å²) < 4.78 is 39.3. The Labute approximate surface area is 169 Å². The highest BCUT2D eigenvalue weighted by atomic mass is 19.4. The van der Waals surface area contributed by atoms with Crippen LogP contribution in [0.5, 0.6) is 0 Å². The van der Waals surface area contributed by atoms with E-state index in [1.165, 1.54) is 6.07 Å². The number of aryl methyl sites for hydroxylation is 1. The second-order valence-corrected chi connectivity index (χ2v) is 7.93. The number of nitrogens with one attached hydrogen (secondary N) is 1. The van der Waals surface area contributed by atoms with Crippen LogP contribution in [0.3, 0.4) is 0 Å². The maximum absolute atomic E-state index is 13.1. The predicted molar refractivity (Wildman–Crippen MR) is 104 cm³/mol. The number of nitrogens with zero attached hydrogens (tertiary/aromatic N) is 1. The second kappa shape index (κ2) is 9.49. The van der Waals surface area contributed by atoms with E-state index < -0.39 is 23.8 Å². The van der Waals surface area contributed by atoms with Crippen molar-refractivity contribution in [3.63, 3.8) is 0 Å². The lowest BCUT2D eigenvalue weighted by Crippen LogP contribution is -2.48. The van der Waals surface area contributed by atoms with Gasteiger partial charge in [0.2, 0.25) is 0 Å². The van der Waals surface area contributed by atoms with Crippen molar-refractivity contribution >= 4 is 13.5 Å². The molecule has 2 atom stereocenters. The third-order valence-corrected chi connectivity index (χ3v) is 6.15. The Morgan fingerprint density at radius 3 is 2.62 bits per heavy atom. The number of fused-ring (bicyclic) bond motifs is 1. The Hall–Kier alpha value is -1.58. The molecule has 1 heterocycles. The third-order valence-electron chi connectivity index (χ3n) is 6.15. The first-order chi connectivity index (χ1) is 13.8. The van der Waals surface area contributed by atoms with Crippen LogP contribution in [0.15, 0.2) is 18.2 Å². The van der Waals surface area contributed by atoms with Gasteiger partial charge in [0.25, 0.3) is 7.48 Å². The Kier molecular flexibility index (Phi) is 7.24. The van der Waals surface area contributed by atoms with Gasteiger partial charge in [-0.3, -0.25) is 9.69 Å². The SMILES string of the molecule is O=C(O)C(NCCC[B]O)C1CCN(C2CCc3ccc(C(F)(F)F)cc32)CC1. The van der Waals surface area contributed by atoms with E-state index in [9.17, 15) is 23.1 Å². The third kappa shape index (κ3) is 5.32. The molecule has 1 saturated heterocycles. The minimum absolute atomic E-state index is 0.00996. The van der Waals surface area contributed by atoms with Crippen molar-refractivity contribution in [2.24, 2.45) is 5.92 Å². The van der Waals surface area contributed by atoms with Crippen molar-refractivity contribution < 1.29 is 28.1 Å². The number of carboxylic acids is 1. The first-order valence-electron chi connectivity index (χ1n) is 10.2. The van der Waals surface area contributed by atoms with Crippen molar-refractivity contribution in [1.29, 1.82) is 0 Å². The van der Waals surface area contributed by atoms with Crippen LogP contribution >= 0.6 is 0 Å². The van der Waals surface area contributed by atoms with Crippen LogP contribution in [-0.2, 0) is 17.4 Å². The Bertz CT molecular complexity index is 709. The summed E-state index contributed by atoms with van der Waals surface area (Å²) in [6.45, 7) is 1.88. The average molecular weight is 411 g/mol. The van der Waals surface area contributed by atoms with Gasteiger partial charge in [-0.2, -0.15) is 13.2 Å². The molecule has 1 aromatic carbocycles. The van der Waals surface area contributed by atoms with Gasteiger partial charge in [0.05, 0.1) is 5.56 Å². The van der Waals surface area contributed by atoms with E-state index in [1.807, 2.05) is 0 Å². The molecule has 0 aromatic heterocycles. The van der Waals surface area contributed by atoms with Crippen molar-refractivity contribution in [3.05, 3.63) is 34.9 Å². The lowest BCUT2D eigenvalue weighted by atomic mass is 9.87. The van der Waals surface area contributed by atoms with Gasteiger partial charge in [0, 0.05) is 6.04 Å². The van der Waals surface area contributed by atoms with Gasteiger partial charge in [0.1, 0.15) is 6.04 Å². The summed E-state index contributed by atoms with van der Waals surface area (Å²) in [5.41, 5.74) is 1.15. The first kappa shape index (κ1) is 22.1. The van der Waals surface area contributed by atoms with Gasteiger partial charge in [-0.05, 0) is 80.9 Å². The number of carboxylic acid groups (broad SMARTS) is 1. The monoisotopic (exact) mass is 411 g/mol. The van der Waals surface area contributed by atoms with Crippen molar-refractivity contribution in [2.45, 2.75) is 56.7 Å². The van der Waals surface area contributed by atoms with Gasteiger partial charge >= 0.3 is 12.1 Å². The molecule has 1 fully saturated rings. The normalized spacial score (nSPS) is 21.7. The highest BCUT2D eigenvalue weighted by Gasteiger charge is 2.37. The first-order valence-corrected chi connectivity index (χ1v) is 10.2. The standard InChI is InChI=1S/C20H27BF3N2O3/c22-20(23,24)15-4-2-13-3-5-17(16(13)12-15)26-10-6-14(7-11-26)18(19(27)28)25-9-1-8-21-29/h2,4,12,14,17-18,25,29H,1,3,5-11H2,(H,27,28). The number of carbonyl (C=O) groups is 1. The molecule has 0 bridgehead atoms. The summed E-state index contributed by atoms with van der Waals surface area (Å²) in [6, 6.07) is 3.39. The molecule has 1 aromatic rings. The molecule has 159 valence electrons. The predicted octanol–water partition coefficient (Wildman–Crippen LogP) is 2.87. The van der Waals surface area contributed by atoms with Gasteiger partial charge in [-0.25, -0.2) is 0 Å². The maximum Gasteiger partial charge on any atom is 0.416 e. The Balaban J connectivity index is 1.61. The molecule has 0 amide bonds. The van der Waals surface area contributed by atoms with Gasteiger partial charge in [0.15, 0.2) is 0 Å². The fourth-order valence-corrected chi connectivity index (χ4v) is 4.61. The second-order valence-electron chi connectivity index (χ2n) is 7.93. The molecule has 3 rings (SSSR count). The van der Waals surface area contributed by atoms with E-state index in [0.717, 1.165) is 37.5 Å². The van der Waals surface area contributed by atoms with E-state index in [1.54, 1.807) is 6.07 Å². The molecule has 29 heavy (non-hydrogen) atoms. The van der Waals surface area contributed by atoms with Crippen LogP contribution in [0.2, 0.25) is 6.32 Å². The summed E-state index contributed by atoms with van der Waals surface area (Å²) in [5.74, 6) is -0.887. The zero-order valence-electron chi connectivity index (χ0n) is 16.3. The number of hydrogen-bond donors (Lipinski definition) is 3. The number of piperidine rings is 1. The highest BCUT2D eigenvalue weighted by molar-refractivity contribution is 6.25. The van der Waals surface area contributed by atoms with E-state index >= 15 is 0 Å². The van der Waals surface area contributed by atoms with E-state index in [-0.39, 0.29) is 12.0 Å². The molecule has 1 aliphatic heterocycles. The number of rotatable bonds is 8. The number of aliphatic carboxylic acids is 1. The minimum Gasteiger partial charge on any atom is -0.480 e. The Morgan fingerprint density at radius 1 is 1.28 bits per heavy atom. The quantitative estimate of drug-likeness (QED) is 0.453. The summed E-state index contributed by atoms with van der Waals surface area (Å²) >= 11 is 0. The summed E-state index contributed by atoms with van der Waals surface area (Å²) in [4.78, 5) is 13.9. The molecule has 9 heteroatoms. The zero-order chi connectivity index (χ0) is 21.0. The lowest BCUT2D eigenvalue weighted by Gasteiger charge is -2.38. The molecule has 0 saturated carbocycles. The van der Waals surface area contributed by atoms with Crippen LogP contribution in [0.4, 0.5) is 13.2 Å². The molecule has 2 unspecified atom stereocenters. The zero-order valence-corrected chi connectivity index (χ0v) is 16.3. The van der Waals surface area contributed by atoms with Gasteiger partial charge < -0.3 is 15.4 Å². The lowest BCUT2D eigenvalue weighted by molar-refractivity contribution is -0.141. The van der Waals surface area contributed by atoms with Crippen LogP contribution in [0.25, 0.3) is 0 Å². The van der Waals surface area contributed by atoms with E-state index in [2.05, 4.69) is 10.2 Å². The molecular formula is C20H27BF3N2O3. The number of benzene rings is 1. The fourth-order valence-electron chi connectivity index (χ4n) is 4.61. The van der Waals surface area contributed by atoms with Crippen LogP contribution in [0.1, 0.15) is 48.4 Å². The van der Waals surface area contributed by atoms with Crippen molar-refractivity contribution in [1.82, 2.24) is 10.2 Å². The van der Waals surface area contributed by atoms with Crippen LogP contribution < -0.4 is 5.32 Å². The molecule has 2 aliphatic rings. The molecule has 5 nitrogen and oxygen atoms in total. The van der Waals surface area contributed by atoms with Gasteiger partial charge in [-0.15, -0.1) is 0 Å². The highest BCUT2D eigenvalue weighted by Crippen LogP contribution is 2.41. The molecule has 0 spiro atoms. The summed E-state index contributed by atoms with van der Waals surface area (Å²) in [7, 11) is 1.07. The molecule has 1 radical (unpaired) electrons. The fraction of sp³-hybridized carbons (Fsp3) is 0.650. The van der Waals surface area contributed by atoms with Crippen molar-refractivity contribution in [2.75, 3.05) is 19.6 Å². The topological polar surface area (TPSA) is 72.8 Å². The maximum atomic E-state index is 13.1. The molecular weight excluding hydrogens is 384 g/mol. The Morgan fingerprint density at radius 2 is 2.00 bits per heavy atom. The molecule has 1 aliphatic carbocycles. The van der Waals surface area contributed by atoms with Gasteiger partial charge in [-0.1, -0.05) is 12.4 Å². The smallest absolute Gasteiger partial charge is 0.416 e. The average Bonchev–Trinajstić information content (AvgIpc) is 3.10. The van der Waals surface area contributed by atoms with E-state index in [4.69, 9.17) is 5.02 Å². The number of likely N-dealkylation sites (tertiary alicyclic amines) is 1. The van der Waals surface area contributed by atoms with Crippen molar-refractivity contribution in [3.8, 4) is 0 Å². The van der Waals surface area contributed by atoms with E-state index in [0.29, 0.717) is 45.2 Å². The molecule has 3 N–H and O–H groups in total.